The summed E-state index contributed by atoms with van der Waals surface area (Å²) in [4.78, 5) is 35.3. The Hall–Kier alpha value is -3.67. The molecule has 1 aliphatic heterocycles. The van der Waals surface area contributed by atoms with Crippen molar-refractivity contribution in [3.63, 3.8) is 0 Å². The summed E-state index contributed by atoms with van der Waals surface area (Å²) in [7, 11) is 3.34. The maximum atomic E-state index is 14.2. The molecule has 1 saturated heterocycles. The number of hydrogen-bond donors (Lipinski definition) is 0. The minimum Gasteiger partial charge on any atom is -0.444 e. The molecule has 34 heavy (non-hydrogen) atoms. The highest BCUT2D eigenvalue weighted by Crippen LogP contribution is 2.27. The summed E-state index contributed by atoms with van der Waals surface area (Å²) >= 11 is 0. The van der Waals surface area contributed by atoms with Crippen LogP contribution in [0.3, 0.4) is 0 Å². The summed E-state index contributed by atoms with van der Waals surface area (Å²) in [6.45, 7) is 7.49. The van der Waals surface area contributed by atoms with E-state index in [9.17, 15) is 14.0 Å². The van der Waals surface area contributed by atoms with Crippen molar-refractivity contribution in [1.82, 2.24) is 14.8 Å². The molecule has 8 nitrogen and oxygen atoms in total. The first-order valence-corrected chi connectivity index (χ1v) is 11.2. The topological polar surface area (TPSA) is 89.8 Å². The number of amides is 2. The first kappa shape index (κ1) is 25.0. The molecular weight excluding hydrogens is 437 g/mol. The Kier molecular flexibility index (Phi) is 7.40. The van der Waals surface area contributed by atoms with E-state index >= 15 is 0 Å². The Morgan fingerprint density at radius 1 is 1.12 bits per heavy atom. The fourth-order valence-corrected chi connectivity index (χ4v) is 3.66. The number of rotatable bonds is 3. The molecular formula is C25H30FN5O3. The number of nitriles is 1. The van der Waals surface area contributed by atoms with Crippen molar-refractivity contribution < 1.29 is 18.7 Å². The monoisotopic (exact) mass is 467 g/mol. The number of hydrogen-bond acceptors (Lipinski definition) is 6. The van der Waals surface area contributed by atoms with Crippen molar-refractivity contribution in [2.75, 3.05) is 45.2 Å². The fraction of sp³-hybridized carbons (Fsp3) is 0.440. The molecule has 1 aliphatic rings. The molecule has 2 heterocycles. The smallest absolute Gasteiger partial charge is 0.410 e. The Morgan fingerprint density at radius 2 is 1.85 bits per heavy atom. The van der Waals surface area contributed by atoms with Crippen molar-refractivity contribution in [1.29, 1.82) is 5.26 Å². The van der Waals surface area contributed by atoms with Crippen LogP contribution >= 0.6 is 0 Å². The summed E-state index contributed by atoms with van der Waals surface area (Å²) < 4.78 is 19.7. The third-order valence-electron chi connectivity index (χ3n) is 5.34. The number of carbonyl (C=O) groups excluding carboxylic acids is 2. The van der Waals surface area contributed by atoms with Gasteiger partial charge < -0.3 is 19.4 Å². The molecule has 0 bridgehead atoms. The van der Waals surface area contributed by atoms with E-state index < -0.39 is 11.4 Å². The molecule has 180 valence electrons. The molecule has 0 spiro atoms. The second-order valence-electron chi connectivity index (χ2n) is 9.38. The number of ether oxygens (including phenoxy) is 1. The van der Waals surface area contributed by atoms with E-state index in [4.69, 9.17) is 15.0 Å². The zero-order chi connectivity index (χ0) is 25.0. The second-order valence-corrected chi connectivity index (χ2v) is 9.38. The van der Waals surface area contributed by atoms with Crippen LogP contribution in [-0.4, -0.2) is 72.7 Å². The van der Waals surface area contributed by atoms with Gasteiger partial charge in [-0.25, -0.2) is 14.2 Å². The van der Waals surface area contributed by atoms with Crippen LogP contribution in [0.2, 0.25) is 0 Å². The predicted octanol–water partition coefficient (Wildman–Crippen LogP) is 3.91. The van der Waals surface area contributed by atoms with Crippen LogP contribution in [0.4, 0.5) is 15.0 Å². The van der Waals surface area contributed by atoms with Crippen molar-refractivity contribution in [2.24, 2.45) is 0 Å². The summed E-state index contributed by atoms with van der Waals surface area (Å²) in [6, 6.07) is 9.48. The lowest BCUT2D eigenvalue weighted by Crippen LogP contribution is -2.39. The van der Waals surface area contributed by atoms with Gasteiger partial charge in [0.1, 0.15) is 23.3 Å². The highest BCUT2D eigenvalue weighted by atomic mass is 19.1. The molecule has 0 N–H and O–H groups in total. The molecule has 2 aromatic rings. The van der Waals surface area contributed by atoms with Crippen molar-refractivity contribution in [3.8, 4) is 17.3 Å². The number of aromatic nitrogens is 1. The van der Waals surface area contributed by atoms with E-state index in [1.807, 2.05) is 31.7 Å². The SMILES string of the molecule is CN(C)C(=O)c1ccc(-c2ccc(C#N)c(F)c2)nc1N1CCCN(C(=O)OC(C)(C)C)CC1. The first-order chi connectivity index (χ1) is 16.0. The second kappa shape index (κ2) is 10.1. The molecule has 2 amide bonds. The highest BCUT2D eigenvalue weighted by molar-refractivity contribution is 5.99. The Bertz CT molecular complexity index is 1120. The summed E-state index contributed by atoms with van der Waals surface area (Å²) in [5.74, 6) is -0.347. The Labute approximate surface area is 199 Å². The summed E-state index contributed by atoms with van der Waals surface area (Å²) in [6.07, 6.45) is 0.306. The van der Waals surface area contributed by atoms with E-state index in [-0.39, 0.29) is 17.6 Å². The van der Waals surface area contributed by atoms with Gasteiger partial charge in [-0.3, -0.25) is 4.79 Å². The van der Waals surface area contributed by atoms with Crippen LogP contribution in [0, 0.1) is 17.1 Å². The van der Waals surface area contributed by atoms with E-state index in [0.717, 1.165) is 0 Å². The number of pyridine rings is 1. The van der Waals surface area contributed by atoms with Gasteiger partial charge in [0, 0.05) is 45.8 Å². The van der Waals surface area contributed by atoms with Gasteiger partial charge >= 0.3 is 6.09 Å². The lowest BCUT2D eigenvalue weighted by molar-refractivity contribution is 0.0263. The van der Waals surface area contributed by atoms with E-state index in [2.05, 4.69) is 0 Å². The van der Waals surface area contributed by atoms with E-state index in [1.54, 1.807) is 37.2 Å². The number of carbonyl (C=O) groups is 2. The van der Waals surface area contributed by atoms with Crippen molar-refractivity contribution in [3.05, 3.63) is 47.3 Å². The van der Waals surface area contributed by atoms with Gasteiger partial charge in [-0.2, -0.15) is 5.26 Å². The third-order valence-corrected chi connectivity index (χ3v) is 5.34. The zero-order valence-electron chi connectivity index (χ0n) is 20.3. The predicted molar refractivity (Wildman–Crippen MR) is 127 cm³/mol. The minimum absolute atomic E-state index is 0.0434. The molecule has 0 radical (unpaired) electrons. The maximum Gasteiger partial charge on any atom is 0.410 e. The lowest BCUT2D eigenvalue weighted by atomic mass is 10.1. The molecule has 0 saturated carbocycles. The first-order valence-electron chi connectivity index (χ1n) is 11.2. The fourth-order valence-electron chi connectivity index (χ4n) is 3.66. The van der Waals surface area contributed by atoms with E-state index in [0.29, 0.717) is 55.2 Å². The third kappa shape index (κ3) is 5.81. The number of nitrogens with zero attached hydrogens (tertiary/aromatic N) is 5. The quantitative estimate of drug-likeness (QED) is 0.680. The molecule has 1 aromatic heterocycles. The Morgan fingerprint density at radius 3 is 2.47 bits per heavy atom. The average Bonchev–Trinajstić information content (AvgIpc) is 3.03. The van der Waals surface area contributed by atoms with Crippen molar-refractivity contribution in [2.45, 2.75) is 32.8 Å². The number of halogens is 1. The summed E-state index contributed by atoms with van der Waals surface area (Å²) in [5.41, 5.74) is 0.793. The standard InChI is InChI=1S/C25H30FN5O3/c1-25(2,3)34-24(33)31-12-6-11-30(13-14-31)22-19(23(32)29(4)5)9-10-21(28-22)17-7-8-18(16-27)20(26)15-17/h7-10,15H,6,11-14H2,1-5H3. The highest BCUT2D eigenvalue weighted by Gasteiger charge is 2.27. The van der Waals surface area contributed by atoms with Crippen LogP contribution in [0.15, 0.2) is 30.3 Å². The summed E-state index contributed by atoms with van der Waals surface area (Å²) in [5, 5.41) is 9.00. The van der Waals surface area contributed by atoms with Gasteiger partial charge in [0.05, 0.1) is 16.8 Å². The maximum absolute atomic E-state index is 14.2. The largest absolute Gasteiger partial charge is 0.444 e. The normalized spacial score (nSPS) is 14.3. The van der Waals surface area contributed by atoms with Crippen LogP contribution < -0.4 is 4.90 Å². The van der Waals surface area contributed by atoms with Crippen LogP contribution in [-0.2, 0) is 4.74 Å². The number of benzene rings is 1. The molecule has 1 fully saturated rings. The van der Waals surface area contributed by atoms with Gasteiger partial charge in [0.25, 0.3) is 5.91 Å². The molecule has 1 aromatic carbocycles. The zero-order valence-corrected chi connectivity index (χ0v) is 20.3. The van der Waals surface area contributed by atoms with Crippen LogP contribution in [0.5, 0.6) is 0 Å². The van der Waals surface area contributed by atoms with Crippen LogP contribution in [0.1, 0.15) is 43.1 Å². The molecule has 0 unspecified atom stereocenters. The van der Waals surface area contributed by atoms with Gasteiger partial charge in [-0.15, -0.1) is 0 Å². The van der Waals surface area contributed by atoms with Gasteiger partial charge in [-0.05, 0) is 51.5 Å². The lowest BCUT2D eigenvalue weighted by Gasteiger charge is -2.27. The molecule has 3 rings (SSSR count). The molecule has 0 aliphatic carbocycles. The Balaban J connectivity index is 1.94. The number of anilines is 1. The van der Waals surface area contributed by atoms with E-state index in [1.165, 1.54) is 17.0 Å². The van der Waals surface area contributed by atoms with Gasteiger partial charge in [0.15, 0.2) is 0 Å². The van der Waals surface area contributed by atoms with Crippen molar-refractivity contribution >= 4 is 17.8 Å². The molecule has 0 atom stereocenters. The van der Waals surface area contributed by atoms with Gasteiger partial charge in [0.2, 0.25) is 0 Å². The minimum atomic E-state index is -0.625. The van der Waals surface area contributed by atoms with Crippen LogP contribution in [0.25, 0.3) is 11.3 Å². The van der Waals surface area contributed by atoms with Gasteiger partial charge in [-0.1, -0.05) is 6.07 Å². The average molecular weight is 468 g/mol. The molecule has 9 heteroatoms.